The molecule has 1 fully saturated rings. The summed E-state index contributed by atoms with van der Waals surface area (Å²) in [5.74, 6) is 0.553. The molecule has 0 aliphatic carbocycles. The Bertz CT molecular complexity index is 510. The van der Waals surface area contributed by atoms with Crippen molar-refractivity contribution in [1.29, 1.82) is 0 Å². The van der Waals surface area contributed by atoms with E-state index in [-0.39, 0.29) is 0 Å². The van der Waals surface area contributed by atoms with E-state index in [0.717, 1.165) is 58.8 Å². The molecule has 128 valence electrons. The number of hydrogen-bond acceptors (Lipinski definition) is 3. The molecule has 3 N–H and O–H groups in total. The van der Waals surface area contributed by atoms with Crippen LogP contribution in [-0.2, 0) is 11.2 Å². The molecular formula is C18H30N4O. The molecule has 23 heavy (non-hydrogen) atoms. The second-order valence-electron chi connectivity index (χ2n) is 6.18. The van der Waals surface area contributed by atoms with E-state index in [4.69, 9.17) is 10.5 Å². The molecule has 0 aromatic heterocycles. The molecule has 1 aliphatic heterocycles. The zero-order valence-electron chi connectivity index (χ0n) is 14.5. The average molecular weight is 318 g/mol. The Labute approximate surface area is 139 Å². The summed E-state index contributed by atoms with van der Waals surface area (Å²) in [4.78, 5) is 6.82. The van der Waals surface area contributed by atoms with Gasteiger partial charge in [-0.15, -0.1) is 0 Å². The first-order valence-electron chi connectivity index (χ1n) is 8.55. The lowest BCUT2D eigenvalue weighted by atomic mass is 10.0. The molecule has 0 radical (unpaired) electrons. The summed E-state index contributed by atoms with van der Waals surface area (Å²) in [6.07, 6.45) is 2.01. The van der Waals surface area contributed by atoms with Crippen molar-refractivity contribution in [3.8, 4) is 0 Å². The summed E-state index contributed by atoms with van der Waals surface area (Å²) in [6, 6.07) is 6.58. The number of guanidine groups is 1. The molecule has 2 rings (SSSR count). The van der Waals surface area contributed by atoms with Crippen LogP contribution in [0.25, 0.3) is 0 Å². The molecule has 1 saturated heterocycles. The van der Waals surface area contributed by atoms with E-state index in [1.54, 1.807) is 0 Å². The predicted octanol–water partition coefficient (Wildman–Crippen LogP) is 1.47. The van der Waals surface area contributed by atoms with Gasteiger partial charge in [-0.2, -0.15) is 0 Å². The molecule has 1 aromatic rings. The van der Waals surface area contributed by atoms with E-state index >= 15 is 0 Å². The maximum atomic E-state index is 5.92. The third-order valence-electron chi connectivity index (χ3n) is 4.22. The van der Waals surface area contributed by atoms with E-state index in [1.165, 1.54) is 16.7 Å². The molecule has 0 spiro atoms. The molecule has 5 heteroatoms. The largest absolute Gasteiger partial charge is 0.379 e. The van der Waals surface area contributed by atoms with Crippen molar-refractivity contribution >= 4 is 5.96 Å². The van der Waals surface area contributed by atoms with Gasteiger partial charge in [-0.3, -0.25) is 9.89 Å². The number of morpholine rings is 1. The van der Waals surface area contributed by atoms with Gasteiger partial charge >= 0.3 is 0 Å². The van der Waals surface area contributed by atoms with Crippen molar-refractivity contribution in [2.75, 3.05) is 45.9 Å². The molecule has 1 heterocycles. The van der Waals surface area contributed by atoms with Crippen LogP contribution in [0.15, 0.2) is 23.2 Å². The molecule has 0 unspecified atom stereocenters. The number of nitrogens with zero attached hydrogens (tertiary/aromatic N) is 2. The summed E-state index contributed by atoms with van der Waals surface area (Å²) in [5, 5.41) is 3.21. The number of ether oxygens (including phenoxy) is 1. The Morgan fingerprint density at radius 1 is 1.30 bits per heavy atom. The van der Waals surface area contributed by atoms with Crippen LogP contribution in [-0.4, -0.2) is 56.8 Å². The fourth-order valence-electron chi connectivity index (χ4n) is 2.83. The lowest BCUT2D eigenvalue weighted by Crippen LogP contribution is -2.37. The maximum absolute atomic E-state index is 5.92. The van der Waals surface area contributed by atoms with Gasteiger partial charge in [0.2, 0.25) is 0 Å². The van der Waals surface area contributed by atoms with Gasteiger partial charge in [0, 0.05) is 32.7 Å². The summed E-state index contributed by atoms with van der Waals surface area (Å²) in [5.41, 5.74) is 9.94. The number of benzene rings is 1. The standard InChI is InChI=1S/C18H30N4O/c1-15-4-5-17(16(2)14-15)6-8-21-18(19)20-7-3-9-22-10-12-23-13-11-22/h4-5,14H,3,6-13H2,1-2H3,(H3,19,20,21). The Balaban J connectivity index is 1.60. The molecule has 1 aliphatic rings. The van der Waals surface area contributed by atoms with Gasteiger partial charge in [-0.25, -0.2) is 0 Å². The lowest BCUT2D eigenvalue weighted by Gasteiger charge is -2.26. The number of rotatable bonds is 7. The predicted molar refractivity (Wildman–Crippen MR) is 96.0 cm³/mol. The van der Waals surface area contributed by atoms with Gasteiger partial charge in [-0.1, -0.05) is 23.8 Å². The van der Waals surface area contributed by atoms with Crippen molar-refractivity contribution in [3.63, 3.8) is 0 Å². The van der Waals surface area contributed by atoms with Crippen molar-refractivity contribution in [1.82, 2.24) is 10.2 Å². The Morgan fingerprint density at radius 3 is 2.83 bits per heavy atom. The third-order valence-corrected chi connectivity index (χ3v) is 4.22. The topological polar surface area (TPSA) is 62.9 Å². The van der Waals surface area contributed by atoms with Gasteiger partial charge in [0.15, 0.2) is 5.96 Å². The van der Waals surface area contributed by atoms with Crippen LogP contribution in [0.5, 0.6) is 0 Å². The molecule has 0 bridgehead atoms. The van der Waals surface area contributed by atoms with Crippen LogP contribution in [0.4, 0.5) is 0 Å². The monoisotopic (exact) mass is 318 g/mol. The number of nitrogens with two attached hydrogens (primary N) is 1. The molecule has 0 amide bonds. The highest BCUT2D eigenvalue weighted by Crippen LogP contribution is 2.10. The zero-order chi connectivity index (χ0) is 16.5. The van der Waals surface area contributed by atoms with E-state index in [2.05, 4.69) is 47.3 Å². The van der Waals surface area contributed by atoms with Crippen molar-refractivity contribution in [2.45, 2.75) is 26.7 Å². The maximum Gasteiger partial charge on any atom is 0.188 e. The minimum atomic E-state index is 0.553. The Morgan fingerprint density at radius 2 is 2.09 bits per heavy atom. The van der Waals surface area contributed by atoms with Gasteiger partial charge in [0.05, 0.1) is 13.2 Å². The minimum absolute atomic E-state index is 0.553. The highest BCUT2D eigenvalue weighted by molar-refractivity contribution is 5.77. The molecule has 1 aromatic carbocycles. The van der Waals surface area contributed by atoms with Crippen molar-refractivity contribution in [3.05, 3.63) is 34.9 Å². The number of aliphatic imine (C=N–C) groups is 1. The highest BCUT2D eigenvalue weighted by atomic mass is 16.5. The fraction of sp³-hybridized carbons (Fsp3) is 0.611. The fourth-order valence-corrected chi connectivity index (χ4v) is 2.83. The van der Waals surface area contributed by atoms with Gasteiger partial charge in [-0.05, 0) is 37.8 Å². The van der Waals surface area contributed by atoms with Crippen LogP contribution < -0.4 is 11.1 Å². The summed E-state index contributed by atoms with van der Waals surface area (Å²) >= 11 is 0. The van der Waals surface area contributed by atoms with Crippen molar-refractivity contribution in [2.24, 2.45) is 10.7 Å². The van der Waals surface area contributed by atoms with Gasteiger partial charge in [0.25, 0.3) is 0 Å². The van der Waals surface area contributed by atoms with Crippen LogP contribution in [0.1, 0.15) is 23.1 Å². The smallest absolute Gasteiger partial charge is 0.188 e. The van der Waals surface area contributed by atoms with E-state index in [9.17, 15) is 0 Å². The summed E-state index contributed by atoms with van der Waals surface area (Å²) in [6.45, 7) is 10.7. The highest BCUT2D eigenvalue weighted by Gasteiger charge is 2.08. The van der Waals surface area contributed by atoms with E-state index in [1.807, 2.05) is 0 Å². The minimum Gasteiger partial charge on any atom is -0.379 e. The van der Waals surface area contributed by atoms with Crippen LogP contribution in [0, 0.1) is 13.8 Å². The number of aryl methyl sites for hydroxylation is 2. The second kappa shape index (κ2) is 9.53. The normalized spacial score (nSPS) is 16.5. The Kier molecular flexibility index (Phi) is 7.36. The molecular weight excluding hydrogens is 288 g/mol. The van der Waals surface area contributed by atoms with E-state index < -0.39 is 0 Å². The zero-order valence-corrected chi connectivity index (χ0v) is 14.5. The number of hydrogen-bond donors (Lipinski definition) is 2. The summed E-state index contributed by atoms with van der Waals surface area (Å²) in [7, 11) is 0. The number of nitrogens with one attached hydrogen (secondary N) is 1. The van der Waals surface area contributed by atoms with Crippen LogP contribution in [0.3, 0.4) is 0 Å². The quantitative estimate of drug-likeness (QED) is 0.454. The van der Waals surface area contributed by atoms with Crippen LogP contribution >= 0.6 is 0 Å². The lowest BCUT2D eigenvalue weighted by molar-refractivity contribution is 0.0377. The van der Waals surface area contributed by atoms with Gasteiger partial charge < -0.3 is 15.8 Å². The Hall–Kier alpha value is -1.59. The average Bonchev–Trinajstić information content (AvgIpc) is 2.55. The first-order chi connectivity index (χ1) is 11.1. The van der Waals surface area contributed by atoms with Crippen LogP contribution in [0.2, 0.25) is 0 Å². The first kappa shape index (κ1) is 17.8. The molecule has 0 atom stereocenters. The van der Waals surface area contributed by atoms with Gasteiger partial charge in [0.1, 0.15) is 0 Å². The summed E-state index contributed by atoms with van der Waals surface area (Å²) < 4.78 is 5.34. The first-order valence-corrected chi connectivity index (χ1v) is 8.55. The SMILES string of the molecule is Cc1ccc(CCNC(N)=NCCCN2CCOCC2)c(C)c1. The van der Waals surface area contributed by atoms with Crippen molar-refractivity contribution < 1.29 is 4.74 Å². The van der Waals surface area contributed by atoms with E-state index in [0.29, 0.717) is 5.96 Å². The second-order valence-corrected chi connectivity index (χ2v) is 6.18. The molecule has 5 nitrogen and oxygen atoms in total. The molecule has 0 saturated carbocycles. The third kappa shape index (κ3) is 6.59.